The quantitative estimate of drug-likeness (QED) is 0.794. The Morgan fingerprint density at radius 2 is 1.83 bits per heavy atom. The van der Waals surface area contributed by atoms with Crippen molar-refractivity contribution >= 4 is 11.7 Å². The summed E-state index contributed by atoms with van der Waals surface area (Å²) in [6.07, 6.45) is 0. The van der Waals surface area contributed by atoms with Gasteiger partial charge in [0.1, 0.15) is 5.75 Å². The lowest BCUT2D eigenvalue weighted by Gasteiger charge is -2.15. The first-order valence-electron chi connectivity index (χ1n) is 7.82. The number of carbonyl (C=O) groups excluding carboxylic acids is 1. The zero-order chi connectivity index (χ0) is 16.8. The Morgan fingerprint density at radius 1 is 1.09 bits per heavy atom. The van der Waals surface area contributed by atoms with Gasteiger partial charge in [-0.1, -0.05) is 44.2 Å². The van der Waals surface area contributed by atoms with Crippen molar-refractivity contribution in [1.29, 1.82) is 0 Å². The molecule has 0 aliphatic heterocycles. The fourth-order valence-corrected chi connectivity index (χ4v) is 2.34. The first-order chi connectivity index (χ1) is 11.0. The Hall–Kier alpha value is -2.49. The molecule has 0 bridgehead atoms. The monoisotopic (exact) mass is 312 g/mol. The van der Waals surface area contributed by atoms with Gasteiger partial charge in [0.15, 0.2) is 6.73 Å². The summed E-state index contributed by atoms with van der Waals surface area (Å²) < 4.78 is 5.63. The molecule has 0 fully saturated rings. The number of hydrogen-bond acceptors (Lipinski definition) is 2. The molecule has 0 saturated heterocycles. The molecule has 2 aromatic rings. The summed E-state index contributed by atoms with van der Waals surface area (Å²) in [6, 6.07) is 13.4. The molecule has 0 unspecified atom stereocenters. The Balaban J connectivity index is 1.90. The first-order valence-corrected chi connectivity index (χ1v) is 7.82. The molecule has 0 aliphatic rings. The highest BCUT2D eigenvalue weighted by Crippen LogP contribution is 2.23. The third-order valence-corrected chi connectivity index (χ3v) is 3.85. The molecule has 2 rings (SSSR count). The minimum absolute atomic E-state index is 0.125. The minimum Gasteiger partial charge on any atom is -0.473 e. The van der Waals surface area contributed by atoms with Gasteiger partial charge >= 0.3 is 6.03 Å². The van der Waals surface area contributed by atoms with E-state index in [-0.39, 0.29) is 12.8 Å². The van der Waals surface area contributed by atoms with Crippen LogP contribution in [-0.2, 0) is 0 Å². The first kappa shape index (κ1) is 16.9. The second kappa shape index (κ2) is 7.68. The van der Waals surface area contributed by atoms with Crippen molar-refractivity contribution in [2.75, 3.05) is 12.0 Å². The zero-order valence-corrected chi connectivity index (χ0v) is 14.1. The van der Waals surface area contributed by atoms with Crippen molar-refractivity contribution in [1.82, 2.24) is 5.32 Å². The van der Waals surface area contributed by atoms with Crippen LogP contribution in [0.4, 0.5) is 10.5 Å². The van der Waals surface area contributed by atoms with E-state index >= 15 is 0 Å². The van der Waals surface area contributed by atoms with Crippen molar-refractivity contribution < 1.29 is 9.53 Å². The van der Waals surface area contributed by atoms with Crippen LogP contribution < -0.4 is 15.4 Å². The fourth-order valence-electron chi connectivity index (χ4n) is 2.34. The zero-order valence-electron chi connectivity index (χ0n) is 14.1. The number of urea groups is 1. The van der Waals surface area contributed by atoms with E-state index < -0.39 is 0 Å². The summed E-state index contributed by atoms with van der Waals surface area (Å²) in [5, 5.41) is 5.59. The van der Waals surface area contributed by atoms with Crippen LogP contribution in [0, 0.1) is 13.8 Å². The van der Waals surface area contributed by atoms with Crippen molar-refractivity contribution in [3.8, 4) is 5.75 Å². The highest BCUT2D eigenvalue weighted by Gasteiger charge is 2.09. The lowest BCUT2D eigenvalue weighted by atomic mass is 10.0. The molecule has 122 valence electrons. The van der Waals surface area contributed by atoms with Gasteiger partial charge in [0.2, 0.25) is 0 Å². The topological polar surface area (TPSA) is 50.4 Å². The third kappa shape index (κ3) is 4.49. The van der Waals surface area contributed by atoms with E-state index in [1.807, 2.05) is 56.3 Å². The highest BCUT2D eigenvalue weighted by molar-refractivity contribution is 5.90. The van der Waals surface area contributed by atoms with Gasteiger partial charge in [0.05, 0.1) is 0 Å². The average Bonchev–Trinajstić information content (AvgIpc) is 2.52. The summed E-state index contributed by atoms with van der Waals surface area (Å²) >= 11 is 0. The van der Waals surface area contributed by atoms with E-state index in [2.05, 4.69) is 24.5 Å². The van der Waals surface area contributed by atoms with Gasteiger partial charge < -0.3 is 15.4 Å². The second-order valence-electron chi connectivity index (χ2n) is 5.86. The Kier molecular flexibility index (Phi) is 5.63. The van der Waals surface area contributed by atoms with Crippen LogP contribution in [0.2, 0.25) is 0 Å². The number of ether oxygens (including phenoxy) is 1. The SMILES string of the molecule is Cc1cccc(OCNC(=O)Nc2ccccc2C(C)C)c1C. The molecular formula is C19H24N2O2. The normalized spacial score (nSPS) is 10.5. The van der Waals surface area contributed by atoms with Gasteiger partial charge in [-0.25, -0.2) is 4.79 Å². The van der Waals surface area contributed by atoms with E-state index in [9.17, 15) is 4.79 Å². The highest BCUT2D eigenvalue weighted by atomic mass is 16.5. The lowest BCUT2D eigenvalue weighted by Crippen LogP contribution is -2.32. The van der Waals surface area contributed by atoms with Gasteiger partial charge in [-0.15, -0.1) is 0 Å². The summed E-state index contributed by atoms with van der Waals surface area (Å²) in [5.74, 6) is 1.13. The molecule has 4 nitrogen and oxygen atoms in total. The van der Waals surface area contributed by atoms with Crippen molar-refractivity contribution in [3.05, 3.63) is 59.2 Å². The summed E-state index contributed by atoms with van der Waals surface area (Å²) in [7, 11) is 0. The number of nitrogens with one attached hydrogen (secondary N) is 2. The summed E-state index contributed by atoms with van der Waals surface area (Å²) in [5.41, 5.74) is 4.18. The van der Waals surface area contributed by atoms with Gasteiger partial charge in [-0.05, 0) is 48.6 Å². The summed E-state index contributed by atoms with van der Waals surface area (Å²) in [4.78, 5) is 12.0. The molecule has 0 radical (unpaired) electrons. The second-order valence-corrected chi connectivity index (χ2v) is 5.86. The smallest absolute Gasteiger partial charge is 0.321 e. The Bertz CT molecular complexity index is 681. The van der Waals surface area contributed by atoms with Gasteiger partial charge in [-0.2, -0.15) is 0 Å². The maximum atomic E-state index is 12.0. The molecule has 4 heteroatoms. The van der Waals surface area contributed by atoms with E-state index in [1.54, 1.807) is 0 Å². The van der Waals surface area contributed by atoms with Gasteiger partial charge in [0, 0.05) is 5.69 Å². The van der Waals surface area contributed by atoms with E-state index in [1.165, 1.54) is 0 Å². The molecule has 0 heterocycles. The Labute approximate surface area is 137 Å². The molecule has 0 saturated carbocycles. The van der Waals surface area contributed by atoms with Gasteiger partial charge in [0.25, 0.3) is 0 Å². The van der Waals surface area contributed by atoms with E-state index in [4.69, 9.17) is 4.74 Å². The number of rotatable bonds is 5. The lowest BCUT2D eigenvalue weighted by molar-refractivity contribution is 0.234. The van der Waals surface area contributed by atoms with Crippen LogP contribution in [0.1, 0.15) is 36.5 Å². The number of aryl methyl sites for hydroxylation is 1. The number of para-hydroxylation sites is 1. The maximum Gasteiger partial charge on any atom is 0.321 e. The maximum absolute atomic E-state index is 12.0. The van der Waals surface area contributed by atoms with Crippen LogP contribution in [0.3, 0.4) is 0 Å². The fraction of sp³-hybridized carbons (Fsp3) is 0.316. The molecule has 2 aromatic carbocycles. The van der Waals surface area contributed by atoms with Crippen LogP contribution in [-0.4, -0.2) is 12.8 Å². The number of amides is 2. The summed E-state index contributed by atoms with van der Waals surface area (Å²) in [6.45, 7) is 8.36. The number of hydrogen-bond donors (Lipinski definition) is 2. The molecule has 2 amide bonds. The van der Waals surface area contributed by atoms with Crippen LogP contribution in [0.15, 0.2) is 42.5 Å². The van der Waals surface area contributed by atoms with Crippen molar-refractivity contribution in [2.45, 2.75) is 33.6 Å². The predicted octanol–water partition coefficient (Wildman–Crippen LogP) is 4.58. The molecule has 0 atom stereocenters. The molecule has 0 aromatic heterocycles. The molecular weight excluding hydrogens is 288 g/mol. The standard InChI is InChI=1S/C19H24N2O2/c1-13(2)16-9-5-6-10-17(16)21-19(22)20-12-23-18-11-7-8-14(3)15(18)4/h5-11,13H,12H2,1-4H3,(H2,20,21,22). The number of carbonyl (C=O) groups is 1. The molecule has 0 aliphatic carbocycles. The van der Waals surface area contributed by atoms with Gasteiger partial charge in [-0.3, -0.25) is 0 Å². The van der Waals surface area contributed by atoms with Crippen LogP contribution >= 0.6 is 0 Å². The largest absolute Gasteiger partial charge is 0.473 e. The third-order valence-electron chi connectivity index (χ3n) is 3.85. The van der Waals surface area contributed by atoms with E-state index in [0.29, 0.717) is 5.92 Å². The van der Waals surface area contributed by atoms with Crippen LogP contribution in [0.5, 0.6) is 5.75 Å². The molecule has 23 heavy (non-hydrogen) atoms. The average molecular weight is 312 g/mol. The number of benzene rings is 2. The van der Waals surface area contributed by atoms with E-state index in [0.717, 1.165) is 28.1 Å². The number of anilines is 1. The minimum atomic E-state index is -0.275. The molecule has 2 N–H and O–H groups in total. The van der Waals surface area contributed by atoms with Crippen molar-refractivity contribution in [2.24, 2.45) is 0 Å². The predicted molar refractivity (Wildman–Crippen MR) is 94.1 cm³/mol. The Morgan fingerprint density at radius 3 is 2.57 bits per heavy atom. The van der Waals surface area contributed by atoms with Crippen molar-refractivity contribution in [3.63, 3.8) is 0 Å². The molecule has 0 spiro atoms. The van der Waals surface area contributed by atoms with Crippen LogP contribution in [0.25, 0.3) is 0 Å².